The van der Waals surface area contributed by atoms with Gasteiger partial charge in [0.1, 0.15) is 6.29 Å². The molecule has 1 aromatic rings. The molecule has 1 fully saturated rings. The summed E-state index contributed by atoms with van der Waals surface area (Å²) < 4.78 is 5.35. The second kappa shape index (κ2) is 5.10. The quantitative estimate of drug-likeness (QED) is 0.811. The van der Waals surface area contributed by atoms with Crippen LogP contribution in [0.4, 0.5) is 5.69 Å². The van der Waals surface area contributed by atoms with Crippen molar-refractivity contribution in [3.63, 3.8) is 0 Å². The average Bonchev–Trinajstić information content (AvgIpc) is 2.76. The zero-order valence-electron chi connectivity index (χ0n) is 9.68. The Balaban J connectivity index is 2.00. The van der Waals surface area contributed by atoms with E-state index in [1.807, 2.05) is 6.92 Å². The molecule has 0 radical (unpaired) electrons. The van der Waals surface area contributed by atoms with Gasteiger partial charge in [-0.05, 0) is 25.5 Å². The van der Waals surface area contributed by atoms with Crippen molar-refractivity contribution in [1.82, 2.24) is 0 Å². The van der Waals surface area contributed by atoms with Crippen molar-refractivity contribution in [3.8, 4) is 0 Å². The van der Waals surface area contributed by atoms with Crippen LogP contribution in [0, 0.1) is 5.92 Å². The van der Waals surface area contributed by atoms with Crippen molar-refractivity contribution in [1.29, 1.82) is 0 Å². The monoisotopic (exact) mass is 233 g/mol. The summed E-state index contributed by atoms with van der Waals surface area (Å²) >= 11 is 0. The molecule has 0 spiro atoms. The number of hydrogen-bond donors (Lipinski definition) is 1. The predicted molar refractivity (Wildman–Crippen MR) is 64.0 cm³/mol. The van der Waals surface area contributed by atoms with Crippen molar-refractivity contribution in [2.45, 2.75) is 19.4 Å². The summed E-state index contributed by atoms with van der Waals surface area (Å²) in [7, 11) is 0. The topological polar surface area (TPSA) is 55.4 Å². The van der Waals surface area contributed by atoms with E-state index < -0.39 is 0 Å². The molecular weight excluding hydrogens is 218 g/mol. The van der Waals surface area contributed by atoms with Gasteiger partial charge in [0.25, 0.3) is 0 Å². The van der Waals surface area contributed by atoms with Crippen LogP contribution in [0.5, 0.6) is 0 Å². The lowest BCUT2D eigenvalue weighted by Gasteiger charge is -2.09. The molecule has 0 saturated carbocycles. The maximum atomic E-state index is 11.9. The number of carbonyl (C=O) groups excluding carboxylic acids is 2. The van der Waals surface area contributed by atoms with Crippen LogP contribution in [-0.2, 0) is 9.53 Å². The van der Waals surface area contributed by atoms with Crippen molar-refractivity contribution >= 4 is 17.9 Å². The highest BCUT2D eigenvalue weighted by atomic mass is 16.5. The van der Waals surface area contributed by atoms with Gasteiger partial charge in [-0.3, -0.25) is 9.59 Å². The van der Waals surface area contributed by atoms with E-state index >= 15 is 0 Å². The summed E-state index contributed by atoms with van der Waals surface area (Å²) in [5.74, 6) is -0.137. The third kappa shape index (κ3) is 2.91. The third-order valence-electron chi connectivity index (χ3n) is 2.86. The third-order valence-corrected chi connectivity index (χ3v) is 2.86. The van der Waals surface area contributed by atoms with Gasteiger partial charge in [-0.1, -0.05) is 12.1 Å². The molecule has 1 N–H and O–H groups in total. The van der Waals surface area contributed by atoms with E-state index in [2.05, 4.69) is 5.32 Å². The molecule has 1 heterocycles. The van der Waals surface area contributed by atoms with E-state index in [1.165, 1.54) is 0 Å². The fraction of sp³-hybridized carbons (Fsp3) is 0.385. The summed E-state index contributed by atoms with van der Waals surface area (Å²) in [5.41, 5.74) is 1.21. The number of amides is 1. The van der Waals surface area contributed by atoms with Gasteiger partial charge >= 0.3 is 0 Å². The van der Waals surface area contributed by atoms with Crippen LogP contribution in [-0.4, -0.2) is 24.9 Å². The van der Waals surface area contributed by atoms with E-state index in [0.717, 1.165) is 12.7 Å². The SMILES string of the molecule is CC1CC(C(=O)Nc2cccc(C=O)c2)CO1. The Labute approximate surface area is 100.0 Å². The molecule has 0 aromatic heterocycles. The van der Waals surface area contributed by atoms with Crippen LogP contribution in [0.25, 0.3) is 0 Å². The Morgan fingerprint density at radius 2 is 2.35 bits per heavy atom. The van der Waals surface area contributed by atoms with E-state index in [4.69, 9.17) is 4.74 Å². The fourth-order valence-corrected chi connectivity index (χ4v) is 1.93. The second-order valence-electron chi connectivity index (χ2n) is 4.31. The number of hydrogen-bond acceptors (Lipinski definition) is 3. The van der Waals surface area contributed by atoms with Gasteiger partial charge in [0.15, 0.2) is 0 Å². The minimum Gasteiger partial charge on any atom is -0.378 e. The van der Waals surface area contributed by atoms with Crippen molar-refractivity contribution < 1.29 is 14.3 Å². The van der Waals surface area contributed by atoms with Crippen molar-refractivity contribution in [2.24, 2.45) is 5.92 Å². The maximum Gasteiger partial charge on any atom is 0.229 e. The molecule has 90 valence electrons. The molecule has 4 nitrogen and oxygen atoms in total. The number of benzene rings is 1. The fourth-order valence-electron chi connectivity index (χ4n) is 1.93. The van der Waals surface area contributed by atoms with Crippen LogP contribution in [0.3, 0.4) is 0 Å². The lowest BCUT2D eigenvalue weighted by Crippen LogP contribution is -2.23. The first-order valence-electron chi connectivity index (χ1n) is 5.67. The molecular formula is C13H15NO3. The normalized spacial score (nSPS) is 23.4. The molecule has 0 bridgehead atoms. The van der Waals surface area contributed by atoms with E-state index in [-0.39, 0.29) is 17.9 Å². The Kier molecular flexibility index (Phi) is 3.54. The van der Waals surface area contributed by atoms with E-state index in [0.29, 0.717) is 17.9 Å². The summed E-state index contributed by atoms with van der Waals surface area (Å²) in [5, 5.41) is 2.80. The first-order chi connectivity index (χ1) is 8.19. The van der Waals surface area contributed by atoms with Gasteiger partial charge in [0.2, 0.25) is 5.91 Å². The Morgan fingerprint density at radius 1 is 1.53 bits per heavy atom. The second-order valence-corrected chi connectivity index (χ2v) is 4.31. The van der Waals surface area contributed by atoms with Gasteiger partial charge < -0.3 is 10.1 Å². The van der Waals surface area contributed by atoms with Crippen LogP contribution in [0.1, 0.15) is 23.7 Å². The first-order valence-corrected chi connectivity index (χ1v) is 5.67. The highest BCUT2D eigenvalue weighted by molar-refractivity contribution is 5.93. The maximum absolute atomic E-state index is 11.9. The van der Waals surface area contributed by atoms with Crippen molar-refractivity contribution in [3.05, 3.63) is 29.8 Å². The first kappa shape index (κ1) is 11.8. The number of rotatable bonds is 3. The summed E-state index contributed by atoms with van der Waals surface area (Å²) in [6.45, 7) is 2.43. The Hall–Kier alpha value is -1.68. The zero-order chi connectivity index (χ0) is 12.3. The number of nitrogens with one attached hydrogen (secondary N) is 1. The predicted octanol–water partition coefficient (Wildman–Crippen LogP) is 1.86. The van der Waals surface area contributed by atoms with Crippen LogP contribution in [0.15, 0.2) is 24.3 Å². The minimum absolute atomic E-state index is 0.0441. The van der Waals surface area contributed by atoms with Crippen LogP contribution < -0.4 is 5.32 Å². The lowest BCUT2D eigenvalue weighted by molar-refractivity contribution is -0.119. The van der Waals surface area contributed by atoms with Crippen LogP contribution >= 0.6 is 0 Å². The summed E-state index contributed by atoms with van der Waals surface area (Å²) in [6, 6.07) is 6.87. The molecule has 2 rings (SSSR count). The van der Waals surface area contributed by atoms with Gasteiger partial charge in [0.05, 0.1) is 18.6 Å². The van der Waals surface area contributed by atoms with Crippen molar-refractivity contribution in [2.75, 3.05) is 11.9 Å². The summed E-state index contributed by atoms with van der Waals surface area (Å²) in [4.78, 5) is 22.5. The molecule has 1 aromatic carbocycles. The number of aldehydes is 1. The molecule has 1 amide bonds. The van der Waals surface area contributed by atoms with E-state index in [9.17, 15) is 9.59 Å². The number of anilines is 1. The largest absolute Gasteiger partial charge is 0.378 e. The molecule has 1 saturated heterocycles. The van der Waals surface area contributed by atoms with E-state index in [1.54, 1.807) is 24.3 Å². The standard InChI is InChI=1S/C13H15NO3/c1-9-5-11(8-17-9)13(16)14-12-4-2-3-10(6-12)7-15/h2-4,6-7,9,11H,5,8H2,1H3,(H,14,16). The molecule has 2 unspecified atom stereocenters. The van der Waals surface area contributed by atoms with Gasteiger partial charge in [0, 0.05) is 11.3 Å². The molecule has 1 aliphatic rings. The molecule has 2 atom stereocenters. The smallest absolute Gasteiger partial charge is 0.229 e. The van der Waals surface area contributed by atoms with Gasteiger partial charge in [-0.2, -0.15) is 0 Å². The average molecular weight is 233 g/mol. The Morgan fingerprint density at radius 3 is 3.00 bits per heavy atom. The van der Waals surface area contributed by atoms with Gasteiger partial charge in [-0.25, -0.2) is 0 Å². The minimum atomic E-state index is -0.0927. The van der Waals surface area contributed by atoms with Gasteiger partial charge in [-0.15, -0.1) is 0 Å². The number of carbonyl (C=O) groups is 2. The van der Waals surface area contributed by atoms with Crippen LogP contribution in [0.2, 0.25) is 0 Å². The molecule has 1 aliphatic heterocycles. The lowest BCUT2D eigenvalue weighted by atomic mass is 10.1. The Bertz CT molecular complexity index is 430. The highest BCUT2D eigenvalue weighted by Crippen LogP contribution is 2.21. The number of ether oxygens (including phenoxy) is 1. The highest BCUT2D eigenvalue weighted by Gasteiger charge is 2.28. The molecule has 4 heteroatoms. The summed E-state index contributed by atoms with van der Waals surface area (Å²) in [6.07, 6.45) is 1.65. The molecule has 17 heavy (non-hydrogen) atoms. The molecule has 0 aliphatic carbocycles. The zero-order valence-corrected chi connectivity index (χ0v) is 9.68.